The zero-order valence-electron chi connectivity index (χ0n) is 10.7. The van der Waals surface area contributed by atoms with E-state index in [1.807, 2.05) is 0 Å². The number of halogens is 3. The predicted octanol–water partition coefficient (Wildman–Crippen LogP) is 4.62. The molecule has 0 saturated heterocycles. The van der Waals surface area contributed by atoms with Crippen LogP contribution in [0.3, 0.4) is 0 Å². The molecule has 0 saturated carbocycles. The van der Waals surface area contributed by atoms with E-state index in [1.165, 1.54) is 36.4 Å². The van der Waals surface area contributed by atoms with Crippen molar-refractivity contribution in [2.24, 2.45) is 0 Å². The Bertz CT molecular complexity index is 728. The van der Waals surface area contributed by atoms with Gasteiger partial charge in [0, 0.05) is 5.02 Å². The van der Waals surface area contributed by atoms with Crippen LogP contribution in [0.2, 0.25) is 15.1 Å². The molecule has 0 radical (unpaired) electrons. The largest absolute Gasteiger partial charge is 0.478 e. The van der Waals surface area contributed by atoms with E-state index >= 15 is 0 Å². The summed E-state index contributed by atoms with van der Waals surface area (Å²) < 4.78 is 22.2. The molecule has 0 aliphatic carbocycles. The molecule has 0 amide bonds. The summed E-state index contributed by atoms with van der Waals surface area (Å²) >= 11 is 15.5. The molecule has 1 atom stereocenters. The molecular weight excluding hydrogens is 373 g/mol. The van der Waals surface area contributed by atoms with E-state index in [2.05, 4.69) is 0 Å². The van der Waals surface area contributed by atoms with Gasteiger partial charge in [-0.1, -0.05) is 34.8 Å². The molecule has 0 aliphatic heterocycles. The Hall–Kier alpha value is -1.31. The third-order valence-corrected chi connectivity index (χ3v) is 4.19. The molecule has 5 nitrogen and oxygen atoms in total. The van der Waals surface area contributed by atoms with Gasteiger partial charge in [-0.2, -0.15) is 0 Å². The van der Waals surface area contributed by atoms with Crippen molar-refractivity contribution in [3.8, 4) is 0 Å². The van der Waals surface area contributed by atoms with Crippen molar-refractivity contribution < 1.29 is 18.7 Å². The highest BCUT2D eigenvalue weighted by molar-refractivity contribution is 7.81. The first-order chi connectivity index (χ1) is 10.3. The molecule has 2 aromatic rings. The number of nitrogens with zero attached hydrogens (tertiary/aromatic N) is 1. The van der Waals surface area contributed by atoms with Crippen LogP contribution in [0.4, 0.5) is 11.4 Å². The van der Waals surface area contributed by atoms with E-state index in [9.17, 15) is 13.6 Å². The fourth-order valence-electron chi connectivity index (χ4n) is 1.77. The Kier molecular flexibility index (Phi) is 5.31. The van der Waals surface area contributed by atoms with Crippen LogP contribution in [0.15, 0.2) is 36.4 Å². The molecule has 22 heavy (non-hydrogen) atoms. The number of aromatic carboxylic acids is 1. The van der Waals surface area contributed by atoms with E-state index < -0.39 is 17.2 Å². The summed E-state index contributed by atoms with van der Waals surface area (Å²) in [5.41, 5.74) is 0.384. The smallest absolute Gasteiger partial charge is 0.335 e. The average Bonchev–Trinajstić information content (AvgIpc) is 2.42. The molecule has 0 bridgehead atoms. The van der Waals surface area contributed by atoms with Gasteiger partial charge in [0.25, 0.3) is 11.3 Å². The molecule has 1 unspecified atom stereocenters. The van der Waals surface area contributed by atoms with E-state index in [1.54, 1.807) is 0 Å². The van der Waals surface area contributed by atoms with Gasteiger partial charge in [-0.3, -0.25) is 4.55 Å². The number of carboxylic acids is 1. The highest BCUT2D eigenvalue weighted by Gasteiger charge is 2.22. The lowest BCUT2D eigenvalue weighted by Gasteiger charge is -2.22. The first-order valence-corrected chi connectivity index (χ1v) is 7.90. The highest BCUT2D eigenvalue weighted by atomic mass is 35.5. The summed E-state index contributed by atoms with van der Waals surface area (Å²) in [6.45, 7) is 0. The number of rotatable bonds is 4. The van der Waals surface area contributed by atoms with Crippen LogP contribution in [-0.2, 0) is 11.3 Å². The number of anilines is 2. The third-order valence-electron chi connectivity index (χ3n) is 2.69. The van der Waals surface area contributed by atoms with Crippen molar-refractivity contribution in [3.63, 3.8) is 0 Å². The van der Waals surface area contributed by atoms with Crippen LogP contribution in [0, 0.1) is 0 Å². The maximum atomic E-state index is 11.7. The number of benzene rings is 2. The summed E-state index contributed by atoms with van der Waals surface area (Å²) in [4.78, 5) is 10.9. The van der Waals surface area contributed by atoms with E-state index in [0.29, 0.717) is 0 Å². The second kappa shape index (κ2) is 6.85. The summed E-state index contributed by atoms with van der Waals surface area (Å²) in [5, 5.41) is 9.33. The number of hydrogen-bond donors (Lipinski definition) is 2. The van der Waals surface area contributed by atoms with Crippen molar-refractivity contribution >= 4 is 63.4 Å². The molecule has 9 heteroatoms. The van der Waals surface area contributed by atoms with Crippen LogP contribution in [0.25, 0.3) is 0 Å². The lowest BCUT2D eigenvalue weighted by molar-refractivity contribution is 0.0697. The Morgan fingerprint density at radius 2 is 1.55 bits per heavy atom. The number of carbonyl (C=O) groups is 1. The summed E-state index contributed by atoms with van der Waals surface area (Å²) in [6.07, 6.45) is 0. The first kappa shape index (κ1) is 17.1. The molecule has 2 N–H and O–H groups in total. The monoisotopic (exact) mass is 379 g/mol. The zero-order valence-corrected chi connectivity index (χ0v) is 13.7. The topological polar surface area (TPSA) is 77.8 Å². The minimum atomic E-state index is -2.48. The van der Waals surface area contributed by atoms with Crippen molar-refractivity contribution in [2.45, 2.75) is 0 Å². The normalized spacial score (nSPS) is 12.0. The zero-order chi connectivity index (χ0) is 16.4. The maximum absolute atomic E-state index is 11.7. The minimum Gasteiger partial charge on any atom is -0.478 e. The van der Waals surface area contributed by atoms with Gasteiger partial charge in [0.05, 0.1) is 27.0 Å². The molecule has 0 aromatic heterocycles. The SMILES string of the molecule is O=C(O)c1ccc(N(c2c(Cl)cc(Cl)cc2Cl)S(=O)O)cc1. The molecule has 0 spiro atoms. The second-order valence-corrected chi connectivity index (χ2v) is 6.17. The average molecular weight is 381 g/mol. The minimum absolute atomic E-state index is 0.0423. The Morgan fingerprint density at radius 1 is 1.05 bits per heavy atom. The van der Waals surface area contributed by atoms with E-state index in [-0.39, 0.29) is 32.0 Å². The standard InChI is InChI=1S/C13H8Cl3NO4S/c14-8-5-10(15)12(11(16)6-8)17(22(20)21)9-3-1-7(2-4-9)13(18)19/h1-6H,(H,18,19)(H,20,21). The van der Waals surface area contributed by atoms with Crippen LogP contribution >= 0.6 is 34.8 Å². The quantitative estimate of drug-likeness (QED) is 0.759. The van der Waals surface area contributed by atoms with Crippen molar-refractivity contribution in [1.29, 1.82) is 0 Å². The fourth-order valence-corrected chi connectivity index (χ4v) is 3.51. The first-order valence-electron chi connectivity index (χ1n) is 5.70. The third kappa shape index (κ3) is 3.53. The van der Waals surface area contributed by atoms with Gasteiger partial charge in [-0.05, 0) is 36.4 Å². The van der Waals surface area contributed by atoms with Crippen LogP contribution in [0.5, 0.6) is 0 Å². The molecule has 0 aliphatic rings. The molecular formula is C13H8Cl3NO4S. The van der Waals surface area contributed by atoms with Gasteiger partial charge >= 0.3 is 5.97 Å². The van der Waals surface area contributed by atoms with Crippen molar-refractivity contribution in [3.05, 3.63) is 57.0 Å². The van der Waals surface area contributed by atoms with Gasteiger partial charge in [0.15, 0.2) is 0 Å². The Morgan fingerprint density at radius 3 is 1.95 bits per heavy atom. The van der Waals surface area contributed by atoms with Crippen LogP contribution in [0.1, 0.15) is 10.4 Å². The molecule has 2 aromatic carbocycles. The van der Waals surface area contributed by atoms with E-state index in [0.717, 1.165) is 4.31 Å². The highest BCUT2D eigenvalue weighted by Crippen LogP contribution is 2.40. The summed E-state index contributed by atoms with van der Waals surface area (Å²) in [6, 6.07) is 8.12. The van der Waals surface area contributed by atoms with Crippen molar-refractivity contribution in [2.75, 3.05) is 4.31 Å². The lowest BCUT2D eigenvalue weighted by atomic mass is 10.2. The maximum Gasteiger partial charge on any atom is 0.335 e. The second-order valence-electron chi connectivity index (χ2n) is 4.10. The summed E-state index contributed by atoms with van der Waals surface area (Å²) in [7, 11) is 0. The van der Waals surface area contributed by atoms with Crippen molar-refractivity contribution in [1.82, 2.24) is 0 Å². The summed E-state index contributed by atoms with van der Waals surface area (Å²) in [5.74, 6) is -1.11. The Balaban J connectivity index is 2.56. The lowest BCUT2D eigenvalue weighted by Crippen LogP contribution is -2.20. The number of carboxylic acid groups (broad SMARTS) is 1. The fraction of sp³-hybridized carbons (Fsp3) is 0. The van der Waals surface area contributed by atoms with Crippen LogP contribution < -0.4 is 4.31 Å². The number of hydrogen-bond acceptors (Lipinski definition) is 2. The molecule has 0 heterocycles. The molecule has 116 valence electrons. The molecule has 0 fully saturated rings. The van der Waals surface area contributed by atoms with E-state index in [4.69, 9.17) is 39.9 Å². The predicted molar refractivity (Wildman–Crippen MR) is 87.8 cm³/mol. The van der Waals surface area contributed by atoms with Gasteiger partial charge in [-0.15, -0.1) is 0 Å². The van der Waals surface area contributed by atoms with Gasteiger partial charge in [0.2, 0.25) is 0 Å². The molecule has 2 rings (SSSR count). The van der Waals surface area contributed by atoms with Gasteiger partial charge in [-0.25, -0.2) is 13.3 Å². The van der Waals surface area contributed by atoms with Crippen LogP contribution in [-0.4, -0.2) is 19.8 Å². The van der Waals surface area contributed by atoms with Gasteiger partial charge in [0.1, 0.15) is 0 Å². The Labute approximate surface area is 143 Å². The van der Waals surface area contributed by atoms with Gasteiger partial charge < -0.3 is 5.11 Å².